The van der Waals surface area contributed by atoms with Gasteiger partial charge in [-0.1, -0.05) is 6.08 Å². The first-order valence-corrected chi connectivity index (χ1v) is 15.7. The number of ether oxygens (including phenoxy) is 2. The molecule has 21 nitrogen and oxygen atoms in total. The zero-order valence-corrected chi connectivity index (χ0v) is 24.2. The van der Waals surface area contributed by atoms with E-state index < -0.39 is 83.8 Å². The molecular formula is C21H31CaN7O14P2. The van der Waals surface area contributed by atoms with E-state index in [0.717, 1.165) is 6.33 Å². The number of phosphoric acid groups is 2. The standard InChI is InChI=1S/C21H29N7O14P2.Ca.2H/c22-17-12-19(25-7-24-17)28(8-26-12)21-16(32)14(30)11(41-21)6-39-44(36,37)42-43(34,35)38-5-10-13(29)15(31)20(40-10)27-3-1-2-9(4-27)18(23)33;;;/h1,3-4,7-8,10-11,13-16,20-21,29-32H,2,5-6H2,(H2,23,33)(H,34,35)(H,36,37)(H2,22,24,25);;;/t10-,11-,13-,14-,15-,16-,20-,21-;;;/m1.../s1. The molecule has 3 aliphatic rings. The number of allylic oxidation sites excluding steroid dienone is 1. The number of imidazole rings is 1. The van der Waals surface area contributed by atoms with Gasteiger partial charge in [0.1, 0.15) is 48.5 Å². The molecule has 0 saturated carbocycles. The van der Waals surface area contributed by atoms with Crippen LogP contribution >= 0.6 is 15.6 Å². The summed E-state index contributed by atoms with van der Waals surface area (Å²) in [5.74, 6) is -0.658. The van der Waals surface area contributed by atoms with E-state index in [1.54, 1.807) is 6.08 Å². The Labute approximate surface area is 283 Å². The number of nitrogens with two attached hydrogens (primary N) is 2. The van der Waals surface area contributed by atoms with Gasteiger partial charge >= 0.3 is 53.4 Å². The van der Waals surface area contributed by atoms with Crippen molar-refractivity contribution in [1.82, 2.24) is 24.4 Å². The van der Waals surface area contributed by atoms with Gasteiger partial charge in [-0.3, -0.25) is 18.4 Å². The molecule has 2 unspecified atom stereocenters. The summed E-state index contributed by atoms with van der Waals surface area (Å²) in [6, 6.07) is 0. The van der Waals surface area contributed by atoms with Gasteiger partial charge in [0.25, 0.3) is 0 Å². The number of phosphoric ester groups is 2. The molecule has 2 aromatic rings. The maximum absolute atomic E-state index is 12.4. The molecule has 0 spiro atoms. The number of carbonyl (C=O) groups is 1. The number of carbonyl (C=O) groups excluding carboxylic acids is 1. The van der Waals surface area contributed by atoms with Gasteiger partial charge < -0.3 is 56.1 Å². The van der Waals surface area contributed by atoms with E-state index in [2.05, 4.69) is 19.3 Å². The predicted molar refractivity (Wildman–Crippen MR) is 150 cm³/mol. The first kappa shape index (κ1) is 36.2. The van der Waals surface area contributed by atoms with Crippen LogP contribution in [0.15, 0.2) is 36.7 Å². The molecule has 2 fully saturated rings. The van der Waals surface area contributed by atoms with Gasteiger partial charge in [0.15, 0.2) is 23.9 Å². The van der Waals surface area contributed by atoms with Gasteiger partial charge in [-0.15, -0.1) is 0 Å². The zero-order valence-electron chi connectivity index (χ0n) is 22.4. The van der Waals surface area contributed by atoms with Crippen LogP contribution in [0.4, 0.5) is 5.82 Å². The number of nitrogens with zero attached hydrogens (tertiary/aromatic N) is 5. The maximum atomic E-state index is 12.4. The van der Waals surface area contributed by atoms with Gasteiger partial charge in [0.05, 0.1) is 19.5 Å². The van der Waals surface area contributed by atoms with Crippen molar-refractivity contribution in [3.05, 3.63) is 36.7 Å². The van der Waals surface area contributed by atoms with Gasteiger partial charge in [0.2, 0.25) is 5.91 Å². The minimum atomic E-state index is -5.37. The summed E-state index contributed by atoms with van der Waals surface area (Å²) in [5.41, 5.74) is 11.6. The Kier molecular flexibility index (Phi) is 11.5. The molecule has 0 bridgehead atoms. The van der Waals surface area contributed by atoms with Crippen LogP contribution in [0.25, 0.3) is 11.2 Å². The molecule has 5 heterocycles. The van der Waals surface area contributed by atoms with E-state index in [-0.39, 0.29) is 66.7 Å². The van der Waals surface area contributed by atoms with Crippen LogP contribution < -0.4 is 11.5 Å². The van der Waals surface area contributed by atoms with E-state index in [1.807, 2.05) is 0 Å². The third-order valence-electron chi connectivity index (χ3n) is 6.88. The first-order chi connectivity index (χ1) is 20.7. The van der Waals surface area contributed by atoms with Crippen LogP contribution in [0.3, 0.4) is 0 Å². The summed E-state index contributed by atoms with van der Waals surface area (Å²) in [6.07, 6.45) is -4.88. The van der Waals surface area contributed by atoms with Crippen molar-refractivity contribution in [2.75, 3.05) is 18.9 Å². The summed E-state index contributed by atoms with van der Waals surface area (Å²) < 4.78 is 50.8. The summed E-state index contributed by atoms with van der Waals surface area (Å²) in [4.78, 5) is 44.6. The first-order valence-electron chi connectivity index (χ1n) is 12.7. The number of nitrogen functional groups attached to an aromatic ring is 1. The Morgan fingerprint density at radius 1 is 0.956 bits per heavy atom. The number of fused-ring (bicyclic) bond motifs is 1. The second-order valence-corrected chi connectivity index (χ2v) is 12.9. The summed E-state index contributed by atoms with van der Waals surface area (Å²) >= 11 is 0. The van der Waals surface area contributed by atoms with Crippen LogP contribution in [0.1, 0.15) is 12.6 Å². The molecule has 2 saturated heterocycles. The van der Waals surface area contributed by atoms with Crippen LogP contribution in [-0.4, -0.2) is 154 Å². The Bertz CT molecular complexity index is 1560. The quantitative estimate of drug-likeness (QED) is 0.0826. The number of amides is 1. The summed E-state index contributed by atoms with van der Waals surface area (Å²) in [6.45, 7) is -1.79. The van der Waals surface area contributed by atoms with Gasteiger partial charge in [-0.05, 0) is 6.42 Å². The van der Waals surface area contributed by atoms with Crippen molar-refractivity contribution in [1.29, 1.82) is 0 Å². The van der Waals surface area contributed by atoms with Crippen LogP contribution in [0, 0.1) is 0 Å². The van der Waals surface area contributed by atoms with E-state index in [4.69, 9.17) is 30.0 Å². The average molecular weight is 708 g/mol. The molecule has 0 radical (unpaired) electrons. The van der Waals surface area contributed by atoms with Crippen molar-refractivity contribution >= 4 is 76.3 Å². The molecule has 0 aliphatic carbocycles. The van der Waals surface area contributed by atoms with Crippen molar-refractivity contribution < 1.29 is 67.0 Å². The van der Waals surface area contributed by atoms with E-state index in [0.29, 0.717) is 0 Å². The number of hydrogen-bond donors (Lipinski definition) is 8. The molecule has 2 aromatic heterocycles. The Morgan fingerprint density at radius 2 is 1.53 bits per heavy atom. The van der Waals surface area contributed by atoms with Crippen LogP contribution in [0.5, 0.6) is 0 Å². The molecule has 1 amide bonds. The van der Waals surface area contributed by atoms with Gasteiger partial charge in [0, 0.05) is 18.0 Å². The van der Waals surface area contributed by atoms with E-state index in [9.17, 15) is 44.1 Å². The SMILES string of the molecule is NC(=O)C1=CN([C@@H]2O[C@H](COP(=O)(O)OP(=O)(O)OC[C@H]3O[C@@H](n4cnc5c(N)ncnc54)[C@H](O)[C@@H]3O)[C@@H](O)[C@H]2O)C=CC1.[CaH2]. The predicted octanol–water partition coefficient (Wildman–Crippen LogP) is -3.60. The monoisotopic (exact) mass is 707 g/mol. The fraction of sp³-hybridized carbons (Fsp3) is 0.524. The minimum absolute atomic E-state index is 0. The molecule has 246 valence electrons. The van der Waals surface area contributed by atoms with Crippen molar-refractivity contribution in [2.45, 2.75) is 55.5 Å². The molecule has 45 heavy (non-hydrogen) atoms. The topological polar surface area (TPSA) is 318 Å². The molecule has 24 heteroatoms. The fourth-order valence-corrected chi connectivity index (χ4v) is 6.77. The number of anilines is 1. The Morgan fingerprint density at radius 3 is 2.13 bits per heavy atom. The van der Waals surface area contributed by atoms with Crippen molar-refractivity contribution in [3.63, 3.8) is 0 Å². The number of hydrogen-bond acceptors (Lipinski definition) is 17. The third-order valence-corrected chi connectivity index (χ3v) is 9.48. The number of aliphatic hydroxyl groups excluding tert-OH is 4. The normalized spacial score (nSPS) is 32.6. The molecule has 10 N–H and O–H groups in total. The van der Waals surface area contributed by atoms with Crippen molar-refractivity contribution in [2.24, 2.45) is 5.73 Å². The average Bonchev–Trinajstić information content (AvgIpc) is 3.61. The van der Waals surface area contributed by atoms with E-state index in [1.165, 1.54) is 28.2 Å². The number of primary amides is 1. The Hall–Kier alpha value is -1.62. The van der Waals surface area contributed by atoms with Crippen molar-refractivity contribution in [3.8, 4) is 0 Å². The fourth-order valence-electron chi connectivity index (χ4n) is 4.68. The number of aliphatic hydroxyl groups is 4. The molecular weight excluding hydrogens is 676 g/mol. The molecule has 0 aromatic carbocycles. The second kappa shape index (κ2) is 14.2. The number of rotatable bonds is 11. The summed E-state index contributed by atoms with van der Waals surface area (Å²) in [5, 5.41) is 41.6. The van der Waals surface area contributed by atoms with Crippen LogP contribution in [0.2, 0.25) is 0 Å². The van der Waals surface area contributed by atoms with Gasteiger partial charge in [-0.2, -0.15) is 4.31 Å². The summed E-state index contributed by atoms with van der Waals surface area (Å²) in [7, 11) is -10.7. The zero-order chi connectivity index (χ0) is 32.0. The number of aromatic nitrogens is 4. The van der Waals surface area contributed by atoms with E-state index >= 15 is 0 Å². The Balaban J connectivity index is 0.00000461. The molecule has 10 atom stereocenters. The van der Waals surface area contributed by atoms with Gasteiger partial charge in [-0.25, -0.2) is 24.1 Å². The van der Waals surface area contributed by atoms with Crippen LogP contribution in [-0.2, 0) is 36.8 Å². The second-order valence-electron chi connectivity index (χ2n) is 9.84. The third kappa shape index (κ3) is 7.92. The molecule has 5 rings (SSSR count). The molecule has 3 aliphatic heterocycles.